The summed E-state index contributed by atoms with van der Waals surface area (Å²) in [7, 11) is 0. The van der Waals surface area contributed by atoms with Crippen LogP contribution in [0.25, 0.3) is 16.7 Å². The quantitative estimate of drug-likeness (QED) is 0.778. The van der Waals surface area contributed by atoms with E-state index in [1.165, 1.54) is 0 Å². The molecule has 0 aliphatic heterocycles. The summed E-state index contributed by atoms with van der Waals surface area (Å²) in [5, 5.41) is 9.76. The van der Waals surface area contributed by atoms with Gasteiger partial charge in [0.25, 0.3) is 0 Å². The number of benzene rings is 2. The molecule has 3 rings (SSSR count). The highest BCUT2D eigenvalue weighted by Crippen LogP contribution is 2.27. The van der Waals surface area contributed by atoms with E-state index in [1.54, 1.807) is 18.2 Å². The maximum absolute atomic E-state index is 11.1. The highest BCUT2D eigenvalue weighted by atomic mass is 35.5. The van der Waals surface area contributed by atoms with Gasteiger partial charge >= 0.3 is 5.97 Å². The smallest absolute Gasteiger partial charge is 0.335 e. The molecule has 1 aromatic heterocycles. The number of carbonyl (C=O) groups is 1. The molecule has 21 heavy (non-hydrogen) atoms. The van der Waals surface area contributed by atoms with Gasteiger partial charge in [0.2, 0.25) is 0 Å². The summed E-state index contributed by atoms with van der Waals surface area (Å²) in [6.45, 7) is 3.84. The second-order valence-electron chi connectivity index (χ2n) is 4.89. The van der Waals surface area contributed by atoms with Gasteiger partial charge in [-0.15, -0.1) is 0 Å². The Hall–Kier alpha value is -2.33. The lowest BCUT2D eigenvalue weighted by atomic mass is 10.1. The Balaban J connectivity index is 2.30. The van der Waals surface area contributed by atoms with Crippen LogP contribution in [0.2, 0.25) is 5.02 Å². The lowest BCUT2D eigenvalue weighted by Crippen LogP contribution is -2.00. The summed E-state index contributed by atoms with van der Waals surface area (Å²) in [5.74, 6) is -0.166. The molecule has 0 unspecified atom stereocenters. The van der Waals surface area contributed by atoms with Crippen LogP contribution >= 0.6 is 11.6 Å². The van der Waals surface area contributed by atoms with Crippen molar-refractivity contribution in [3.63, 3.8) is 0 Å². The first-order valence-electron chi connectivity index (χ1n) is 6.47. The van der Waals surface area contributed by atoms with Crippen LogP contribution in [0.3, 0.4) is 0 Å². The van der Waals surface area contributed by atoms with Crippen molar-refractivity contribution in [2.75, 3.05) is 0 Å². The molecule has 0 radical (unpaired) electrons. The topological polar surface area (TPSA) is 55.1 Å². The van der Waals surface area contributed by atoms with Crippen molar-refractivity contribution in [2.24, 2.45) is 0 Å². The second kappa shape index (κ2) is 4.90. The highest BCUT2D eigenvalue weighted by molar-refractivity contribution is 6.31. The van der Waals surface area contributed by atoms with Gasteiger partial charge in [-0.3, -0.25) is 4.57 Å². The Morgan fingerprint density at radius 2 is 2.00 bits per heavy atom. The van der Waals surface area contributed by atoms with E-state index < -0.39 is 5.97 Å². The molecular weight excluding hydrogens is 288 g/mol. The molecule has 1 heterocycles. The minimum Gasteiger partial charge on any atom is -0.478 e. The highest BCUT2D eigenvalue weighted by Gasteiger charge is 2.14. The van der Waals surface area contributed by atoms with Crippen molar-refractivity contribution in [3.05, 3.63) is 58.4 Å². The van der Waals surface area contributed by atoms with Gasteiger partial charge in [0, 0.05) is 5.02 Å². The average molecular weight is 301 g/mol. The van der Waals surface area contributed by atoms with E-state index in [2.05, 4.69) is 4.98 Å². The first-order valence-corrected chi connectivity index (χ1v) is 6.84. The summed E-state index contributed by atoms with van der Waals surface area (Å²) >= 11 is 6.19. The van der Waals surface area contributed by atoms with Crippen molar-refractivity contribution < 1.29 is 9.90 Å². The number of nitrogens with zero attached hydrogens (tertiary/aromatic N) is 2. The van der Waals surface area contributed by atoms with E-state index in [-0.39, 0.29) is 5.56 Å². The predicted octanol–water partition coefficient (Wildman–Crippen LogP) is 3.99. The van der Waals surface area contributed by atoms with Gasteiger partial charge < -0.3 is 5.11 Å². The number of carboxylic acids is 1. The van der Waals surface area contributed by atoms with Gasteiger partial charge in [0.1, 0.15) is 5.82 Å². The van der Waals surface area contributed by atoms with Gasteiger partial charge in [0.05, 0.1) is 22.3 Å². The van der Waals surface area contributed by atoms with Crippen molar-refractivity contribution in [1.82, 2.24) is 9.55 Å². The van der Waals surface area contributed by atoms with Gasteiger partial charge in [-0.1, -0.05) is 17.7 Å². The lowest BCUT2D eigenvalue weighted by molar-refractivity contribution is 0.0697. The zero-order chi connectivity index (χ0) is 15.1. The van der Waals surface area contributed by atoms with E-state index >= 15 is 0 Å². The van der Waals surface area contributed by atoms with Crippen LogP contribution < -0.4 is 0 Å². The van der Waals surface area contributed by atoms with Crippen LogP contribution in [0.1, 0.15) is 21.7 Å². The molecule has 0 bridgehead atoms. The summed E-state index contributed by atoms with van der Waals surface area (Å²) in [5.41, 5.74) is 3.67. The molecule has 0 aliphatic rings. The molecule has 0 spiro atoms. The molecular formula is C16H13ClN2O2. The first kappa shape index (κ1) is 13.6. The van der Waals surface area contributed by atoms with Crippen LogP contribution in [0.15, 0.2) is 36.4 Å². The second-order valence-corrected chi connectivity index (χ2v) is 5.29. The summed E-state index contributed by atoms with van der Waals surface area (Å²) in [4.78, 5) is 15.5. The maximum atomic E-state index is 11.1. The molecule has 0 amide bonds. The molecule has 0 atom stereocenters. The Morgan fingerprint density at radius 3 is 2.71 bits per heavy atom. The number of aryl methyl sites for hydroxylation is 1. The lowest BCUT2D eigenvalue weighted by Gasteiger charge is -2.11. The Morgan fingerprint density at radius 1 is 1.24 bits per heavy atom. The molecule has 4 nitrogen and oxygen atoms in total. The average Bonchev–Trinajstić information content (AvgIpc) is 2.77. The van der Waals surface area contributed by atoms with Gasteiger partial charge in [-0.25, -0.2) is 9.78 Å². The zero-order valence-corrected chi connectivity index (χ0v) is 12.3. The number of fused-ring (bicyclic) bond motifs is 1. The monoisotopic (exact) mass is 300 g/mol. The first-order chi connectivity index (χ1) is 9.99. The number of carboxylic acid groups (broad SMARTS) is 1. The van der Waals surface area contributed by atoms with E-state index in [4.69, 9.17) is 16.7 Å². The zero-order valence-electron chi connectivity index (χ0n) is 11.6. The number of rotatable bonds is 2. The third kappa shape index (κ3) is 2.17. The normalized spacial score (nSPS) is 11.0. The predicted molar refractivity (Wildman–Crippen MR) is 82.5 cm³/mol. The van der Waals surface area contributed by atoms with Gasteiger partial charge in [-0.2, -0.15) is 0 Å². The molecule has 0 saturated heterocycles. The third-order valence-corrected chi connectivity index (χ3v) is 3.96. The van der Waals surface area contributed by atoms with E-state index in [9.17, 15) is 4.79 Å². The molecule has 2 aromatic carbocycles. The number of halogens is 1. The third-order valence-electron chi connectivity index (χ3n) is 3.55. The van der Waals surface area contributed by atoms with E-state index in [1.807, 2.05) is 36.6 Å². The number of aromatic carboxylic acids is 1. The Bertz CT molecular complexity index is 868. The van der Waals surface area contributed by atoms with E-state index in [0.717, 1.165) is 22.6 Å². The van der Waals surface area contributed by atoms with Crippen LogP contribution in [0.4, 0.5) is 0 Å². The molecule has 0 fully saturated rings. The molecule has 0 saturated carbocycles. The summed E-state index contributed by atoms with van der Waals surface area (Å²) in [6.07, 6.45) is 0. The Labute approximate surface area is 126 Å². The maximum Gasteiger partial charge on any atom is 0.335 e. The van der Waals surface area contributed by atoms with Gasteiger partial charge in [-0.05, 0) is 49.7 Å². The van der Waals surface area contributed by atoms with Crippen molar-refractivity contribution >= 4 is 28.6 Å². The fourth-order valence-electron chi connectivity index (χ4n) is 2.48. The van der Waals surface area contributed by atoms with Crippen molar-refractivity contribution in [3.8, 4) is 5.69 Å². The molecule has 106 valence electrons. The summed E-state index contributed by atoms with van der Waals surface area (Å²) < 4.78 is 1.99. The molecule has 3 aromatic rings. The minimum atomic E-state index is -0.956. The number of hydrogen-bond acceptors (Lipinski definition) is 2. The van der Waals surface area contributed by atoms with Crippen LogP contribution in [-0.2, 0) is 0 Å². The minimum absolute atomic E-state index is 0.231. The van der Waals surface area contributed by atoms with Crippen LogP contribution in [0, 0.1) is 13.8 Å². The van der Waals surface area contributed by atoms with Crippen LogP contribution in [0.5, 0.6) is 0 Å². The van der Waals surface area contributed by atoms with Crippen molar-refractivity contribution in [2.45, 2.75) is 13.8 Å². The van der Waals surface area contributed by atoms with Gasteiger partial charge in [0.15, 0.2) is 0 Å². The van der Waals surface area contributed by atoms with Crippen molar-refractivity contribution in [1.29, 1.82) is 0 Å². The number of imidazole rings is 1. The summed E-state index contributed by atoms with van der Waals surface area (Å²) in [6, 6.07) is 10.7. The fourth-order valence-corrected chi connectivity index (χ4v) is 2.65. The van der Waals surface area contributed by atoms with E-state index in [0.29, 0.717) is 10.5 Å². The largest absolute Gasteiger partial charge is 0.478 e. The molecule has 0 aliphatic carbocycles. The number of hydrogen-bond donors (Lipinski definition) is 1. The molecule has 1 N–H and O–H groups in total. The fraction of sp³-hybridized carbons (Fsp3) is 0.125. The van der Waals surface area contributed by atoms with Crippen LogP contribution in [-0.4, -0.2) is 20.6 Å². The SMILES string of the molecule is Cc1c(Cl)cccc1-n1c(C)nc2cc(C(=O)O)ccc21. The number of aromatic nitrogens is 2. The standard InChI is InChI=1S/C16H13ClN2O2/c1-9-12(17)4-3-5-14(9)19-10(2)18-13-8-11(16(20)21)6-7-15(13)19/h3-8H,1-2H3,(H,20,21). The Kier molecular flexibility index (Phi) is 3.18. The molecule has 5 heteroatoms.